The Morgan fingerprint density at radius 2 is 1.84 bits per heavy atom. The summed E-state index contributed by atoms with van der Waals surface area (Å²) in [6, 6.07) is 9.19. The summed E-state index contributed by atoms with van der Waals surface area (Å²) in [7, 11) is 0. The van der Waals surface area contributed by atoms with E-state index in [1.165, 1.54) is 30.4 Å². The molecule has 3 heterocycles. The van der Waals surface area contributed by atoms with E-state index in [2.05, 4.69) is 44.7 Å². The highest BCUT2D eigenvalue weighted by Gasteiger charge is 2.41. The molecule has 0 radical (unpaired) electrons. The van der Waals surface area contributed by atoms with Crippen LogP contribution in [0.15, 0.2) is 34.4 Å². The van der Waals surface area contributed by atoms with Crippen molar-refractivity contribution in [1.82, 2.24) is 15.1 Å². The van der Waals surface area contributed by atoms with Gasteiger partial charge in [-0.25, -0.2) is 4.79 Å². The minimum atomic E-state index is -0.227. The Morgan fingerprint density at radius 3 is 2.58 bits per heavy atom. The predicted molar refractivity (Wildman–Crippen MR) is 121 cm³/mol. The Balaban J connectivity index is 1.18. The van der Waals surface area contributed by atoms with Gasteiger partial charge in [0.15, 0.2) is 0 Å². The van der Waals surface area contributed by atoms with Gasteiger partial charge >= 0.3 is 6.03 Å². The zero-order valence-electron chi connectivity index (χ0n) is 18.2. The number of urea groups is 1. The Bertz CT molecular complexity index is 829. The molecule has 1 aromatic rings. The SMILES string of the molecule is O=NC(CC1c2ccccc2C2CN=CN21)C1CCN(C(=O)NC2CCCCC2)CC1. The number of nitrogens with zero attached hydrogens (tertiary/aromatic N) is 4. The fraction of sp³-hybridized carbons (Fsp3) is 0.667. The quantitative estimate of drug-likeness (QED) is 0.713. The highest BCUT2D eigenvalue weighted by molar-refractivity contribution is 5.74. The van der Waals surface area contributed by atoms with Crippen LogP contribution < -0.4 is 5.32 Å². The molecule has 0 aromatic heterocycles. The van der Waals surface area contributed by atoms with Crippen molar-refractivity contribution in [3.05, 3.63) is 40.3 Å². The number of carbonyl (C=O) groups excluding carboxylic acids is 1. The van der Waals surface area contributed by atoms with Crippen LogP contribution in [0.5, 0.6) is 0 Å². The fourth-order valence-corrected chi connectivity index (χ4v) is 6.05. The molecule has 2 fully saturated rings. The molecular weight excluding hydrogens is 390 g/mol. The third kappa shape index (κ3) is 4.06. The van der Waals surface area contributed by atoms with Crippen LogP contribution in [0.25, 0.3) is 0 Å². The minimum absolute atomic E-state index is 0.0711. The maximum atomic E-state index is 12.7. The molecule has 4 aliphatic rings. The van der Waals surface area contributed by atoms with Crippen molar-refractivity contribution in [3.63, 3.8) is 0 Å². The zero-order valence-corrected chi connectivity index (χ0v) is 18.2. The first-order valence-corrected chi connectivity index (χ1v) is 12.0. The second-order valence-corrected chi connectivity index (χ2v) is 9.61. The van der Waals surface area contributed by atoms with E-state index in [9.17, 15) is 9.70 Å². The van der Waals surface area contributed by atoms with E-state index in [-0.39, 0.29) is 24.0 Å². The fourth-order valence-electron chi connectivity index (χ4n) is 6.05. The first-order valence-electron chi connectivity index (χ1n) is 12.0. The first-order chi connectivity index (χ1) is 15.2. The smallest absolute Gasteiger partial charge is 0.317 e. The summed E-state index contributed by atoms with van der Waals surface area (Å²) in [5, 5.41) is 6.81. The van der Waals surface area contributed by atoms with E-state index in [4.69, 9.17) is 0 Å². The van der Waals surface area contributed by atoms with Crippen LogP contribution in [-0.4, -0.2) is 53.9 Å². The average molecular weight is 424 g/mol. The molecule has 7 nitrogen and oxygen atoms in total. The molecule has 1 saturated carbocycles. The average Bonchev–Trinajstić information content (AvgIpc) is 3.40. The number of amides is 2. The Morgan fingerprint density at radius 1 is 1.10 bits per heavy atom. The van der Waals surface area contributed by atoms with Crippen LogP contribution >= 0.6 is 0 Å². The lowest BCUT2D eigenvalue weighted by atomic mass is 9.85. The number of fused-ring (bicyclic) bond motifs is 3. The first kappa shape index (κ1) is 20.5. The molecule has 1 N–H and O–H groups in total. The molecule has 166 valence electrons. The summed E-state index contributed by atoms with van der Waals surface area (Å²) in [6.45, 7) is 2.22. The van der Waals surface area contributed by atoms with Gasteiger partial charge in [0.2, 0.25) is 0 Å². The molecule has 31 heavy (non-hydrogen) atoms. The van der Waals surface area contributed by atoms with Gasteiger partial charge in [-0.1, -0.05) is 48.7 Å². The molecule has 1 saturated heterocycles. The second-order valence-electron chi connectivity index (χ2n) is 9.61. The number of rotatable bonds is 5. The van der Waals surface area contributed by atoms with Gasteiger partial charge in [-0.3, -0.25) is 4.99 Å². The summed E-state index contributed by atoms with van der Waals surface area (Å²) < 4.78 is 0. The second kappa shape index (κ2) is 8.97. The normalized spacial score (nSPS) is 27.1. The maximum absolute atomic E-state index is 12.7. The predicted octanol–water partition coefficient (Wildman–Crippen LogP) is 4.41. The Kier molecular flexibility index (Phi) is 5.92. The number of aliphatic imine (C=N–C) groups is 1. The van der Waals surface area contributed by atoms with Crippen LogP contribution in [0.2, 0.25) is 0 Å². The van der Waals surface area contributed by atoms with Gasteiger partial charge in [0.05, 0.1) is 31.0 Å². The van der Waals surface area contributed by atoms with Crippen molar-refractivity contribution in [2.24, 2.45) is 16.1 Å². The molecule has 0 spiro atoms. The van der Waals surface area contributed by atoms with Gasteiger partial charge in [0, 0.05) is 19.1 Å². The van der Waals surface area contributed by atoms with E-state index in [1.54, 1.807) is 0 Å². The molecule has 0 bridgehead atoms. The highest BCUT2D eigenvalue weighted by atomic mass is 16.3. The summed E-state index contributed by atoms with van der Waals surface area (Å²) >= 11 is 0. The lowest BCUT2D eigenvalue weighted by Crippen LogP contribution is -2.49. The molecule has 7 heteroatoms. The lowest BCUT2D eigenvalue weighted by molar-refractivity contribution is 0.151. The molecule has 1 aliphatic carbocycles. The van der Waals surface area contributed by atoms with E-state index < -0.39 is 0 Å². The van der Waals surface area contributed by atoms with Gasteiger partial charge in [-0.05, 0) is 49.1 Å². The molecule has 1 aromatic carbocycles. The van der Waals surface area contributed by atoms with Crippen molar-refractivity contribution in [1.29, 1.82) is 0 Å². The van der Waals surface area contributed by atoms with Crippen molar-refractivity contribution >= 4 is 12.4 Å². The molecule has 5 rings (SSSR count). The number of nitroso groups, excluding NO2 is 1. The number of carbonyl (C=O) groups is 1. The maximum Gasteiger partial charge on any atom is 0.317 e. The number of piperidine rings is 1. The lowest BCUT2D eigenvalue weighted by Gasteiger charge is -2.36. The summed E-state index contributed by atoms with van der Waals surface area (Å²) in [6.07, 6.45) is 10.3. The number of nitrogens with one attached hydrogen (secondary N) is 1. The van der Waals surface area contributed by atoms with Crippen LogP contribution in [0.4, 0.5) is 4.79 Å². The van der Waals surface area contributed by atoms with Crippen molar-refractivity contribution in [3.8, 4) is 0 Å². The van der Waals surface area contributed by atoms with E-state index in [0.29, 0.717) is 25.2 Å². The molecule has 3 unspecified atom stereocenters. The van der Waals surface area contributed by atoms with Crippen molar-refractivity contribution in [2.75, 3.05) is 19.6 Å². The van der Waals surface area contributed by atoms with Crippen LogP contribution in [0.1, 0.15) is 74.6 Å². The van der Waals surface area contributed by atoms with Crippen LogP contribution in [0, 0.1) is 10.8 Å². The Labute approximate surface area is 184 Å². The molecular formula is C24H33N5O2. The standard InChI is InChI=1S/C24H33N5O2/c30-24(26-18-6-2-1-3-7-18)28-12-10-17(11-13-28)21(27-31)14-22-19-8-4-5-9-20(19)23-15-25-16-29(22)23/h4-5,8-9,16-18,21-23H,1-3,6-7,10-15H2,(H,26,30). The van der Waals surface area contributed by atoms with Crippen molar-refractivity contribution in [2.45, 2.75) is 75.5 Å². The van der Waals surface area contributed by atoms with Gasteiger partial charge in [-0.15, -0.1) is 0 Å². The van der Waals surface area contributed by atoms with E-state index in [0.717, 1.165) is 38.6 Å². The zero-order chi connectivity index (χ0) is 21.2. The number of hydrogen-bond donors (Lipinski definition) is 1. The minimum Gasteiger partial charge on any atom is -0.347 e. The van der Waals surface area contributed by atoms with Crippen LogP contribution in [0.3, 0.4) is 0 Å². The number of hydrogen-bond acceptors (Lipinski definition) is 5. The summed E-state index contributed by atoms with van der Waals surface area (Å²) in [5.41, 5.74) is 2.65. The van der Waals surface area contributed by atoms with Gasteiger partial charge in [-0.2, -0.15) is 4.91 Å². The van der Waals surface area contributed by atoms with E-state index >= 15 is 0 Å². The van der Waals surface area contributed by atoms with Crippen LogP contribution in [-0.2, 0) is 0 Å². The monoisotopic (exact) mass is 423 g/mol. The highest BCUT2D eigenvalue weighted by Crippen LogP contribution is 2.46. The topological polar surface area (TPSA) is 77.4 Å². The summed E-state index contributed by atoms with van der Waals surface area (Å²) in [4.78, 5) is 33.3. The third-order valence-corrected chi connectivity index (χ3v) is 7.83. The third-order valence-electron chi connectivity index (χ3n) is 7.83. The van der Waals surface area contributed by atoms with Gasteiger partial charge in [0.25, 0.3) is 0 Å². The largest absolute Gasteiger partial charge is 0.347 e. The Hall–Kier alpha value is -2.44. The summed E-state index contributed by atoms with van der Waals surface area (Å²) in [5.74, 6) is 0.238. The number of benzene rings is 1. The molecule has 2 amide bonds. The molecule has 3 atom stereocenters. The van der Waals surface area contributed by atoms with Gasteiger partial charge in [0.1, 0.15) is 0 Å². The molecule has 3 aliphatic heterocycles. The van der Waals surface area contributed by atoms with Crippen molar-refractivity contribution < 1.29 is 4.79 Å². The van der Waals surface area contributed by atoms with Gasteiger partial charge < -0.3 is 15.1 Å². The number of likely N-dealkylation sites (tertiary alicyclic amines) is 1. The van der Waals surface area contributed by atoms with E-state index in [1.807, 2.05) is 11.2 Å².